The molecular formula is C39H39NO7. The Morgan fingerprint density at radius 2 is 1.87 bits per heavy atom. The van der Waals surface area contributed by atoms with E-state index in [4.69, 9.17) is 14.2 Å². The van der Waals surface area contributed by atoms with Gasteiger partial charge in [0.1, 0.15) is 23.4 Å². The smallest absolute Gasteiger partial charge is 0.161 e. The van der Waals surface area contributed by atoms with Crippen molar-refractivity contribution in [2.75, 3.05) is 26.9 Å². The highest BCUT2D eigenvalue weighted by Crippen LogP contribution is 2.55. The van der Waals surface area contributed by atoms with Crippen LogP contribution in [0.15, 0.2) is 53.5 Å². The van der Waals surface area contributed by atoms with Crippen LogP contribution in [-0.2, 0) is 32.1 Å². The number of aryl methyl sites for hydroxylation is 1. The summed E-state index contributed by atoms with van der Waals surface area (Å²) in [6, 6.07) is 15.7. The first-order valence-electron chi connectivity index (χ1n) is 16.6. The number of phenols is 2. The molecule has 242 valence electrons. The van der Waals surface area contributed by atoms with Crippen LogP contribution in [0.2, 0.25) is 0 Å². The van der Waals surface area contributed by atoms with E-state index < -0.39 is 12.2 Å². The summed E-state index contributed by atoms with van der Waals surface area (Å²) in [6.45, 7) is 1.33. The molecule has 0 bridgehead atoms. The molecule has 8 rings (SSSR count). The second-order valence-corrected chi connectivity index (χ2v) is 13.1. The van der Waals surface area contributed by atoms with Crippen LogP contribution < -0.4 is 24.8 Å². The van der Waals surface area contributed by atoms with Gasteiger partial charge in [0.05, 0.1) is 31.7 Å². The number of fused-ring (bicyclic) bond motifs is 9. The summed E-state index contributed by atoms with van der Waals surface area (Å²) >= 11 is 0. The molecule has 3 aliphatic heterocycles. The molecular weight excluding hydrogens is 594 g/mol. The van der Waals surface area contributed by atoms with Crippen molar-refractivity contribution < 1.29 is 34.6 Å². The number of nitrogens with zero attached hydrogens (tertiary/aromatic N) is 1. The Balaban J connectivity index is 1.25. The van der Waals surface area contributed by atoms with Gasteiger partial charge in [-0.25, -0.2) is 0 Å². The van der Waals surface area contributed by atoms with Gasteiger partial charge in [-0.3, -0.25) is 4.99 Å². The van der Waals surface area contributed by atoms with E-state index in [2.05, 4.69) is 29.3 Å². The number of aliphatic hydroxyl groups is 2. The van der Waals surface area contributed by atoms with Crippen LogP contribution in [0.5, 0.6) is 28.7 Å². The molecule has 4 N–H and O–H groups in total. The molecule has 4 aromatic carbocycles. The van der Waals surface area contributed by atoms with Gasteiger partial charge >= 0.3 is 0 Å². The molecule has 8 heteroatoms. The average molecular weight is 634 g/mol. The van der Waals surface area contributed by atoms with E-state index in [0.717, 1.165) is 75.9 Å². The van der Waals surface area contributed by atoms with Crippen LogP contribution in [0.4, 0.5) is 0 Å². The van der Waals surface area contributed by atoms with E-state index in [1.807, 2.05) is 18.2 Å². The summed E-state index contributed by atoms with van der Waals surface area (Å²) in [6.07, 6.45) is 5.17. The summed E-state index contributed by atoms with van der Waals surface area (Å²) in [5.74, 6) is 2.32. The first-order chi connectivity index (χ1) is 22.9. The third-order valence-corrected chi connectivity index (χ3v) is 10.2. The molecule has 3 heterocycles. The quantitative estimate of drug-likeness (QED) is 0.239. The number of methoxy groups -OCH3 is 1. The zero-order valence-corrected chi connectivity index (χ0v) is 26.5. The molecule has 47 heavy (non-hydrogen) atoms. The highest BCUT2D eigenvalue weighted by Gasteiger charge is 2.40. The second-order valence-electron chi connectivity index (χ2n) is 13.1. The number of aliphatic hydroxyl groups excluding tert-OH is 2. The Kier molecular flexibility index (Phi) is 7.57. The van der Waals surface area contributed by atoms with E-state index in [-0.39, 0.29) is 24.0 Å². The van der Waals surface area contributed by atoms with Gasteiger partial charge in [-0.1, -0.05) is 18.2 Å². The fraction of sp³-hybridized carbons (Fsp3) is 0.359. The number of hydrogen-bond acceptors (Lipinski definition) is 8. The van der Waals surface area contributed by atoms with Gasteiger partial charge in [-0.2, -0.15) is 0 Å². The minimum atomic E-state index is -0.843. The molecule has 1 aliphatic carbocycles. The lowest BCUT2D eigenvalue weighted by atomic mass is 9.72. The van der Waals surface area contributed by atoms with Gasteiger partial charge in [-0.15, -0.1) is 0 Å². The Morgan fingerprint density at radius 1 is 0.979 bits per heavy atom. The average Bonchev–Trinajstić information content (AvgIpc) is 3.56. The topological polar surface area (TPSA) is 121 Å². The summed E-state index contributed by atoms with van der Waals surface area (Å²) in [5, 5.41) is 44.8. The fourth-order valence-corrected chi connectivity index (χ4v) is 8.04. The number of ether oxygens (including phenoxy) is 3. The summed E-state index contributed by atoms with van der Waals surface area (Å²) in [7, 11) is 1.51. The van der Waals surface area contributed by atoms with Crippen molar-refractivity contribution in [1.29, 1.82) is 0 Å². The molecule has 0 spiro atoms. The van der Waals surface area contributed by atoms with Gasteiger partial charge in [0.25, 0.3) is 0 Å². The molecule has 0 saturated heterocycles. The van der Waals surface area contributed by atoms with E-state index >= 15 is 0 Å². The van der Waals surface area contributed by atoms with E-state index in [0.29, 0.717) is 49.3 Å². The summed E-state index contributed by atoms with van der Waals surface area (Å²) in [5.41, 5.74) is 8.97. The first-order valence-corrected chi connectivity index (χ1v) is 16.6. The summed E-state index contributed by atoms with van der Waals surface area (Å²) < 4.78 is 18.8. The van der Waals surface area contributed by atoms with Crippen LogP contribution in [0.25, 0.3) is 17.2 Å². The summed E-state index contributed by atoms with van der Waals surface area (Å²) in [4.78, 5) is 4.55. The molecule has 0 radical (unpaired) electrons. The molecule has 3 atom stereocenters. The molecule has 0 saturated carbocycles. The van der Waals surface area contributed by atoms with E-state index in [1.165, 1.54) is 17.9 Å². The maximum absolute atomic E-state index is 11.8. The van der Waals surface area contributed by atoms with Crippen LogP contribution in [0.3, 0.4) is 0 Å². The van der Waals surface area contributed by atoms with Crippen molar-refractivity contribution in [3.63, 3.8) is 0 Å². The van der Waals surface area contributed by atoms with Crippen molar-refractivity contribution in [2.45, 2.75) is 63.1 Å². The predicted molar refractivity (Wildman–Crippen MR) is 177 cm³/mol. The van der Waals surface area contributed by atoms with Crippen molar-refractivity contribution in [3.8, 4) is 39.9 Å². The zero-order chi connectivity index (χ0) is 32.2. The van der Waals surface area contributed by atoms with Gasteiger partial charge in [0, 0.05) is 29.7 Å². The van der Waals surface area contributed by atoms with Gasteiger partial charge in [-0.05, 0) is 119 Å². The number of phenolic OH excluding ortho intramolecular Hbond substituents is 2. The number of benzene rings is 4. The Hall–Kier alpha value is -4.53. The first kappa shape index (κ1) is 29.8. The molecule has 0 unspecified atom stereocenters. The number of rotatable bonds is 7. The lowest BCUT2D eigenvalue weighted by molar-refractivity contribution is 0.0190. The third-order valence-electron chi connectivity index (χ3n) is 10.2. The zero-order valence-electron chi connectivity index (χ0n) is 26.5. The van der Waals surface area contributed by atoms with Crippen LogP contribution in [-0.4, -0.2) is 53.4 Å². The van der Waals surface area contributed by atoms with Gasteiger partial charge in [0.2, 0.25) is 0 Å². The van der Waals surface area contributed by atoms with Crippen molar-refractivity contribution in [2.24, 2.45) is 4.99 Å². The monoisotopic (exact) mass is 633 g/mol. The lowest BCUT2D eigenvalue weighted by Gasteiger charge is -2.39. The second kappa shape index (κ2) is 11.9. The normalized spacial score (nSPS) is 20.3. The SMILES string of the molecule is COc1cc([C@H]2Oc3c(c4c(c5c3CCCO5)-c3ccc(O)cc3[C@H](Cc3ccc5c(c3)=CCN=5)C4)C[C@H]2O)cc(CCCO)c1O. The highest BCUT2D eigenvalue weighted by molar-refractivity contribution is 5.85. The van der Waals surface area contributed by atoms with Crippen LogP contribution in [0, 0.1) is 0 Å². The fourth-order valence-electron chi connectivity index (χ4n) is 8.04. The minimum Gasteiger partial charge on any atom is -0.508 e. The van der Waals surface area contributed by atoms with Crippen molar-refractivity contribution in [3.05, 3.63) is 98.1 Å². The minimum absolute atomic E-state index is 0.00360. The van der Waals surface area contributed by atoms with Crippen LogP contribution >= 0.6 is 0 Å². The highest BCUT2D eigenvalue weighted by atomic mass is 16.5. The maximum Gasteiger partial charge on any atom is 0.161 e. The Morgan fingerprint density at radius 3 is 2.72 bits per heavy atom. The molecule has 4 aromatic rings. The van der Waals surface area contributed by atoms with Gasteiger partial charge in [0.15, 0.2) is 11.5 Å². The van der Waals surface area contributed by atoms with Crippen LogP contribution in [0.1, 0.15) is 63.8 Å². The van der Waals surface area contributed by atoms with E-state index in [9.17, 15) is 20.4 Å². The largest absolute Gasteiger partial charge is 0.508 e. The Labute approximate surface area is 273 Å². The molecule has 0 aromatic heterocycles. The van der Waals surface area contributed by atoms with Crippen molar-refractivity contribution >= 4 is 6.08 Å². The Bertz CT molecular complexity index is 2020. The predicted octanol–water partition coefficient (Wildman–Crippen LogP) is 4.36. The number of hydrogen-bond donors (Lipinski definition) is 4. The lowest BCUT2D eigenvalue weighted by Crippen LogP contribution is -2.33. The van der Waals surface area contributed by atoms with E-state index in [1.54, 1.807) is 12.1 Å². The standard InChI is InChI=1S/C39H39NO7/c1-45-34-18-25(16-23(36(34)44)4-2-12-41)37-33(43)20-31-30-17-24(15-21-6-9-32-22(14-21)10-11-40-32)29-19-26(42)7-8-27(29)35(30)39-28(38(31)47-37)5-3-13-46-39/h6-10,14,16,18-19,24,33,37,41-44H,2-5,11-13,15,17,20H2,1H3/t24-,33-,37-/m1/s1. The molecule has 0 amide bonds. The number of aromatic hydroxyl groups is 2. The molecule has 8 nitrogen and oxygen atoms in total. The molecule has 0 fully saturated rings. The van der Waals surface area contributed by atoms with Crippen molar-refractivity contribution in [1.82, 2.24) is 0 Å². The van der Waals surface area contributed by atoms with Gasteiger partial charge < -0.3 is 34.6 Å². The third kappa shape index (κ3) is 5.11. The maximum atomic E-state index is 11.8. The molecule has 4 aliphatic rings.